The maximum Gasteiger partial charge on any atom is 0.389 e. The van der Waals surface area contributed by atoms with E-state index in [9.17, 15) is 27.6 Å². The molecule has 1 aliphatic rings. The van der Waals surface area contributed by atoms with Crippen LogP contribution in [0.15, 0.2) is 11.0 Å². The van der Waals surface area contributed by atoms with Gasteiger partial charge in [0.05, 0.1) is 12.3 Å². The van der Waals surface area contributed by atoms with Crippen molar-refractivity contribution in [2.24, 2.45) is 0 Å². The molecular formula is C18H22F3N5O6. The van der Waals surface area contributed by atoms with Gasteiger partial charge in [-0.15, -0.1) is 0 Å². The van der Waals surface area contributed by atoms with Crippen LogP contribution in [0.1, 0.15) is 39.3 Å². The first-order chi connectivity index (χ1) is 15.0. The van der Waals surface area contributed by atoms with Crippen LogP contribution in [-0.2, 0) is 30.3 Å². The van der Waals surface area contributed by atoms with Crippen molar-refractivity contribution in [2.75, 3.05) is 12.3 Å². The molecule has 2 aromatic heterocycles. The van der Waals surface area contributed by atoms with Crippen molar-refractivity contribution in [2.45, 2.75) is 64.3 Å². The molecule has 2 N–H and O–H groups in total. The number of esters is 2. The number of halogens is 3. The summed E-state index contributed by atoms with van der Waals surface area (Å²) < 4.78 is 56.0. The van der Waals surface area contributed by atoms with Gasteiger partial charge in [0.25, 0.3) is 0 Å². The standard InChI is InChI=1S/C18H22F3N5O6/c1-9(27)30-8-11-6-13(31-10(2)28)15(32-11)26-14-12(7-23-16(22)24-14)25(17(26)29)5-3-4-18(19,20)21/h7,11,13,15H,3-6,8H2,1-2H3,(H2,22,23,24)/t11-,13+,15+/m0/s1. The Bertz CT molecular complexity index is 1070. The fraction of sp³-hybridized carbons (Fsp3) is 0.611. The number of rotatable bonds is 7. The van der Waals surface area contributed by atoms with E-state index in [2.05, 4.69) is 9.97 Å². The first kappa shape index (κ1) is 23.5. The van der Waals surface area contributed by atoms with Crippen LogP contribution < -0.4 is 11.4 Å². The van der Waals surface area contributed by atoms with Gasteiger partial charge < -0.3 is 19.9 Å². The van der Waals surface area contributed by atoms with Crippen LogP contribution in [0, 0.1) is 0 Å². The Morgan fingerprint density at radius 3 is 2.66 bits per heavy atom. The minimum absolute atomic E-state index is 0.0183. The van der Waals surface area contributed by atoms with Gasteiger partial charge in [-0.05, 0) is 6.42 Å². The van der Waals surface area contributed by atoms with Crippen molar-refractivity contribution >= 4 is 29.1 Å². The van der Waals surface area contributed by atoms with Crippen molar-refractivity contribution in [3.8, 4) is 0 Å². The molecular weight excluding hydrogens is 439 g/mol. The molecule has 1 aliphatic heterocycles. The van der Waals surface area contributed by atoms with Gasteiger partial charge in [0.2, 0.25) is 5.95 Å². The molecule has 0 unspecified atom stereocenters. The number of alkyl halides is 3. The van der Waals surface area contributed by atoms with Crippen molar-refractivity contribution in [1.82, 2.24) is 19.1 Å². The molecule has 32 heavy (non-hydrogen) atoms. The largest absolute Gasteiger partial charge is 0.463 e. The Morgan fingerprint density at radius 2 is 2.03 bits per heavy atom. The lowest BCUT2D eigenvalue weighted by atomic mass is 10.2. The van der Waals surface area contributed by atoms with Gasteiger partial charge in [0, 0.05) is 33.2 Å². The van der Waals surface area contributed by atoms with E-state index in [1.807, 2.05) is 0 Å². The molecule has 0 spiro atoms. The maximum absolute atomic E-state index is 13.2. The van der Waals surface area contributed by atoms with E-state index in [1.54, 1.807) is 0 Å². The predicted octanol–water partition coefficient (Wildman–Crippen LogP) is 1.30. The van der Waals surface area contributed by atoms with Gasteiger partial charge >= 0.3 is 23.8 Å². The fourth-order valence-electron chi connectivity index (χ4n) is 3.53. The van der Waals surface area contributed by atoms with E-state index >= 15 is 0 Å². The number of nitrogens with zero attached hydrogens (tertiary/aromatic N) is 4. The number of imidazole rings is 1. The quantitative estimate of drug-likeness (QED) is 0.604. The molecule has 0 saturated carbocycles. The molecule has 3 rings (SSSR count). The smallest absolute Gasteiger partial charge is 0.389 e. The zero-order chi connectivity index (χ0) is 23.6. The molecule has 176 valence electrons. The molecule has 3 heterocycles. The van der Waals surface area contributed by atoms with Crippen LogP contribution in [-0.4, -0.2) is 56.0 Å². The Hall–Kier alpha value is -3.16. The Labute approximate surface area is 179 Å². The summed E-state index contributed by atoms with van der Waals surface area (Å²) in [5, 5.41) is 0. The molecule has 0 aromatic carbocycles. The number of nitrogens with two attached hydrogens (primary N) is 1. The first-order valence-corrected chi connectivity index (χ1v) is 9.72. The number of anilines is 1. The van der Waals surface area contributed by atoms with E-state index in [0.717, 1.165) is 9.13 Å². The van der Waals surface area contributed by atoms with Crippen molar-refractivity contribution in [3.05, 3.63) is 16.7 Å². The Morgan fingerprint density at radius 1 is 1.31 bits per heavy atom. The van der Waals surface area contributed by atoms with E-state index in [-0.39, 0.29) is 43.1 Å². The minimum atomic E-state index is -4.37. The lowest BCUT2D eigenvalue weighted by Crippen LogP contribution is -2.34. The van der Waals surface area contributed by atoms with Crippen molar-refractivity contribution in [1.29, 1.82) is 0 Å². The van der Waals surface area contributed by atoms with Crippen LogP contribution in [0.25, 0.3) is 11.2 Å². The molecule has 3 atom stereocenters. The number of aromatic nitrogens is 4. The van der Waals surface area contributed by atoms with E-state index in [1.165, 1.54) is 20.0 Å². The molecule has 0 bridgehead atoms. The summed E-state index contributed by atoms with van der Waals surface area (Å²) in [7, 11) is 0. The van der Waals surface area contributed by atoms with Crippen LogP contribution in [0.3, 0.4) is 0 Å². The number of hydrogen-bond acceptors (Lipinski definition) is 9. The van der Waals surface area contributed by atoms with Crippen LogP contribution in [0.5, 0.6) is 0 Å². The Kier molecular flexibility index (Phi) is 6.71. The average Bonchev–Trinajstić information content (AvgIpc) is 3.16. The van der Waals surface area contributed by atoms with Gasteiger partial charge in [0.15, 0.2) is 11.9 Å². The highest BCUT2D eigenvalue weighted by molar-refractivity contribution is 5.72. The van der Waals surface area contributed by atoms with E-state index in [4.69, 9.17) is 19.9 Å². The number of hydrogen-bond donors (Lipinski definition) is 1. The monoisotopic (exact) mass is 461 g/mol. The third-order valence-corrected chi connectivity index (χ3v) is 4.76. The second-order valence-electron chi connectivity index (χ2n) is 7.29. The molecule has 2 aromatic rings. The Balaban J connectivity index is 2.00. The summed E-state index contributed by atoms with van der Waals surface area (Å²) >= 11 is 0. The number of aryl methyl sites for hydroxylation is 1. The highest BCUT2D eigenvalue weighted by Crippen LogP contribution is 2.33. The van der Waals surface area contributed by atoms with Gasteiger partial charge in [0.1, 0.15) is 18.2 Å². The molecule has 1 saturated heterocycles. The van der Waals surface area contributed by atoms with E-state index in [0.29, 0.717) is 0 Å². The van der Waals surface area contributed by atoms with Gasteiger partial charge in [-0.1, -0.05) is 0 Å². The van der Waals surface area contributed by atoms with Gasteiger partial charge in [-0.3, -0.25) is 14.2 Å². The number of ether oxygens (including phenoxy) is 3. The highest BCUT2D eigenvalue weighted by atomic mass is 19.4. The van der Waals surface area contributed by atoms with Crippen molar-refractivity contribution in [3.63, 3.8) is 0 Å². The second-order valence-corrected chi connectivity index (χ2v) is 7.29. The third kappa shape index (κ3) is 5.36. The summed E-state index contributed by atoms with van der Waals surface area (Å²) in [6.07, 6.45) is -7.24. The minimum Gasteiger partial charge on any atom is -0.463 e. The number of nitrogen functional groups attached to an aromatic ring is 1. The molecule has 0 radical (unpaired) electrons. The fourth-order valence-corrected chi connectivity index (χ4v) is 3.53. The lowest BCUT2D eigenvalue weighted by molar-refractivity contribution is -0.153. The van der Waals surface area contributed by atoms with Crippen molar-refractivity contribution < 1.29 is 37.0 Å². The summed E-state index contributed by atoms with van der Waals surface area (Å²) in [6, 6.07) is 0. The van der Waals surface area contributed by atoms with E-state index < -0.39 is 48.7 Å². The molecule has 1 fully saturated rings. The first-order valence-electron chi connectivity index (χ1n) is 9.72. The van der Waals surface area contributed by atoms with Gasteiger partial charge in [-0.2, -0.15) is 18.2 Å². The normalized spacial score (nSPS) is 21.1. The molecule has 11 nitrogen and oxygen atoms in total. The number of carbonyl (C=O) groups is 2. The number of fused-ring (bicyclic) bond motifs is 1. The summed E-state index contributed by atoms with van der Waals surface area (Å²) in [4.78, 5) is 43.8. The zero-order valence-electron chi connectivity index (χ0n) is 17.3. The van der Waals surface area contributed by atoms with Gasteiger partial charge in [-0.25, -0.2) is 14.3 Å². The number of carbonyl (C=O) groups excluding carboxylic acids is 2. The highest BCUT2D eigenvalue weighted by Gasteiger charge is 2.41. The average molecular weight is 461 g/mol. The second kappa shape index (κ2) is 9.14. The SMILES string of the molecule is CC(=O)OC[C@@H]1C[C@@H](OC(C)=O)[C@H](n2c(=O)n(CCCC(F)(F)F)c3cnc(N)nc32)O1. The third-order valence-electron chi connectivity index (χ3n) is 4.76. The maximum atomic E-state index is 13.2. The zero-order valence-corrected chi connectivity index (χ0v) is 17.3. The lowest BCUT2D eigenvalue weighted by Gasteiger charge is -2.19. The van der Waals surface area contributed by atoms with Crippen LogP contribution in [0.4, 0.5) is 19.1 Å². The summed E-state index contributed by atoms with van der Waals surface area (Å²) in [6.45, 7) is 2.01. The molecule has 0 aliphatic carbocycles. The molecule has 14 heteroatoms. The topological polar surface area (TPSA) is 141 Å². The molecule has 0 amide bonds. The summed E-state index contributed by atoms with van der Waals surface area (Å²) in [5.41, 5.74) is 5.10. The predicted molar refractivity (Wildman–Crippen MR) is 102 cm³/mol. The van der Waals surface area contributed by atoms with Crippen LogP contribution in [0.2, 0.25) is 0 Å². The van der Waals surface area contributed by atoms with Crippen LogP contribution >= 0.6 is 0 Å². The summed E-state index contributed by atoms with van der Waals surface area (Å²) in [5.74, 6) is -1.34.